The maximum Gasteiger partial charge on any atom is 0.227 e. The summed E-state index contributed by atoms with van der Waals surface area (Å²) >= 11 is 3.55. The lowest BCUT2D eigenvalue weighted by Gasteiger charge is -2.22. The fraction of sp³-hybridized carbons (Fsp3) is 0.353. The number of aromatic nitrogens is 1. The smallest absolute Gasteiger partial charge is 0.227 e. The van der Waals surface area contributed by atoms with E-state index in [1.54, 1.807) is 17.7 Å². The number of benzene rings is 1. The molecule has 3 rings (SSSR count). The van der Waals surface area contributed by atoms with Crippen LogP contribution < -0.4 is 4.74 Å². The van der Waals surface area contributed by atoms with E-state index in [9.17, 15) is 4.79 Å². The molecule has 116 valence electrons. The summed E-state index contributed by atoms with van der Waals surface area (Å²) in [5, 5.41) is 1.02. The molecule has 0 spiro atoms. The summed E-state index contributed by atoms with van der Waals surface area (Å²) in [6.07, 6.45) is 5.07. The van der Waals surface area contributed by atoms with Crippen LogP contribution in [0.2, 0.25) is 0 Å². The second-order valence-corrected chi connectivity index (χ2v) is 6.56. The zero-order valence-corrected chi connectivity index (χ0v) is 14.4. The number of halogens is 1. The third-order valence-corrected chi connectivity index (χ3v) is 4.62. The van der Waals surface area contributed by atoms with Crippen LogP contribution in [-0.4, -0.2) is 42.1 Å². The Morgan fingerprint density at radius 1 is 1.41 bits per heavy atom. The number of rotatable bonds is 3. The van der Waals surface area contributed by atoms with Gasteiger partial charge in [0.2, 0.25) is 5.91 Å². The molecule has 22 heavy (non-hydrogen) atoms. The average Bonchev–Trinajstić information content (AvgIpc) is 2.89. The van der Waals surface area contributed by atoms with Crippen LogP contribution in [0.3, 0.4) is 0 Å². The molecule has 2 heterocycles. The van der Waals surface area contributed by atoms with Gasteiger partial charge in [0, 0.05) is 37.7 Å². The van der Waals surface area contributed by atoms with Gasteiger partial charge >= 0.3 is 0 Å². The third kappa shape index (κ3) is 3.10. The van der Waals surface area contributed by atoms with E-state index in [0.29, 0.717) is 6.61 Å². The van der Waals surface area contributed by atoms with Crippen molar-refractivity contribution in [2.24, 2.45) is 0 Å². The molecule has 1 aromatic carbocycles. The molecule has 0 aliphatic carbocycles. The molecule has 4 nitrogen and oxygen atoms in total. The van der Waals surface area contributed by atoms with Crippen molar-refractivity contribution >= 4 is 32.7 Å². The van der Waals surface area contributed by atoms with Crippen molar-refractivity contribution in [3.05, 3.63) is 40.5 Å². The van der Waals surface area contributed by atoms with E-state index in [1.165, 1.54) is 5.57 Å². The predicted octanol–water partition coefficient (Wildman–Crippen LogP) is 3.70. The molecular weight excluding hydrogens is 344 g/mol. The Morgan fingerprint density at radius 3 is 2.91 bits per heavy atom. The SMILES string of the molecule is CC(=O)n1ccc2cc(Br)c(OCC3=CCN(C)CC3)cc21. The summed E-state index contributed by atoms with van der Waals surface area (Å²) < 4.78 is 8.52. The van der Waals surface area contributed by atoms with Crippen LogP contribution in [0, 0.1) is 0 Å². The van der Waals surface area contributed by atoms with Gasteiger partial charge in [-0.05, 0) is 47.1 Å². The summed E-state index contributed by atoms with van der Waals surface area (Å²) in [6.45, 7) is 4.21. The Morgan fingerprint density at radius 2 is 2.23 bits per heavy atom. The standard InChI is InChI=1S/C17H19BrN2O2/c1-12(21)20-8-5-14-9-15(18)17(10-16(14)20)22-11-13-3-6-19(2)7-4-13/h3,5,8-10H,4,6-7,11H2,1-2H3. The molecule has 0 unspecified atom stereocenters. The van der Waals surface area contributed by atoms with Crippen LogP contribution in [0.5, 0.6) is 5.75 Å². The topological polar surface area (TPSA) is 34.5 Å². The van der Waals surface area contributed by atoms with E-state index in [0.717, 1.165) is 40.6 Å². The van der Waals surface area contributed by atoms with Gasteiger partial charge in [-0.2, -0.15) is 0 Å². The van der Waals surface area contributed by atoms with Crippen LogP contribution in [0.4, 0.5) is 0 Å². The molecule has 0 fully saturated rings. The Balaban J connectivity index is 1.82. The average molecular weight is 363 g/mol. The number of hydrogen-bond acceptors (Lipinski definition) is 3. The van der Waals surface area contributed by atoms with Crippen LogP contribution in [0.25, 0.3) is 10.9 Å². The first kappa shape index (κ1) is 15.3. The van der Waals surface area contributed by atoms with Crippen molar-refractivity contribution in [3.63, 3.8) is 0 Å². The summed E-state index contributed by atoms with van der Waals surface area (Å²) in [5.74, 6) is 0.773. The maximum atomic E-state index is 11.6. The molecule has 1 aromatic heterocycles. The van der Waals surface area contributed by atoms with Crippen molar-refractivity contribution in [2.75, 3.05) is 26.7 Å². The molecule has 0 amide bonds. The van der Waals surface area contributed by atoms with Crippen molar-refractivity contribution in [1.82, 2.24) is 9.47 Å². The van der Waals surface area contributed by atoms with Gasteiger partial charge in [0.25, 0.3) is 0 Å². The van der Waals surface area contributed by atoms with Gasteiger partial charge in [0.1, 0.15) is 12.4 Å². The van der Waals surface area contributed by atoms with Crippen LogP contribution in [-0.2, 0) is 0 Å². The monoisotopic (exact) mass is 362 g/mol. The van der Waals surface area contributed by atoms with Gasteiger partial charge in [-0.1, -0.05) is 6.08 Å². The first-order valence-corrected chi connectivity index (χ1v) is 8.14. The number of ether oxygens (including phenoxy) is 1. The Kier molecular flexibility index (Phi) is 4.36. The molecule has 2 aromatic rings. The number of carbonyl (C=O) groups is 1. The first-order chi connectivity index (χ1) is 10.5. The van der Waals surface area contributed by atoms with Gasteiger partial charge < -0.3 is 9.64 Å². The maximum absolute atomic E-state index is 11.6. The van der Waals surface area contributed by atoms with E-state index in [4.69, 9.17) is 4.74 Å². The fourth-order valence-corrected chi connectivity index (χ4v) is 3.11. The molecule has 0 saturated carbocycles. The second kappa shape index (κ2) is 6.26. The van der Waals surface area contributed by atoms with E-state index in [1.807, 2.05) is 18.2 Å². The lowest BCUT2D eigenvalue weighted by Crippen LogP contribution is -2.25. The van der Waals surface area contributed by atoms with Gasteiger partial charge in [-0.25, -0.2) is 0 Å². The van der Waals surface area contributed by atoms with Crippen LogP contribution in [0.15, 0.2) is 40.5 Å². The number of fused-ring (bicyclic) bond motifs is 1. The Hall–Kier alpha value is -1.59. The minimum atomic E-state index is 0.00120. The molecule has 0 atom stereocenters. The second-order valence-electron chi connectivity index (χ2n) is 5.71. The molecule has 5 heteroatoms. The van der Waals surface area contributed by atoms with Gasteiger partial charge in [0.15, 0.2) is 0 Å². The van der Waals surface area contributed by atoms with Crippen LogP contribution in [0.1, 0.15) is 18.1 Å². The molecule has 0 radical (unpaired) electrons. The zero-order chi connectivity index (χ0) is 15.7. The summed E-state index contributed by atoms with van der Waals surface area (Å²) in [4.78, 5) is 13.9. The van der Waals surface area contributed by atoms with E-state index >= 15 is 0 Å². The van der Waals surface area contributed by atoms with Gasteiger partial charge in [0.05, 0.1) is 9.99 Å². The summed E-state index contributed by atoms with van der Waals surface area (Å²) in [5.41, 5.74) is 2.20. The molecule has 0 saturated heterocycles. The molecule has 0 N–H and O–H groups in total. The number of hydrogen-bond donors (Lipinski definition) is 0. The number of carbonyl (C=O) groups excluding carboxylic acids is 1. The van der Waals surface area contributed by atoms with Crippen molar-refractivity contribution in [2.45, 2.75) is 13.3 Å². The Bertz CT molecular complexity index is 748. The first-order valence-electron chi connectivity index (χ1n) is 7.35. The fourth-order valence-electron chi connectivity index (χ4n) is 2.63. The highest BCUT2D eigenvalue weighted by atomic mass is 79.9. The summed E-state index contributed by atoms with van der Waals surface area (Å²) in [7, 11) is 2.12. The lowest BCUT2D eigenvalue weighted by atomic mass is 10.1. The highest BCUT2D eigenvalue weighted by molar-refractivity contribution is 9.10. The quantitative estimate of drug-likeness (QED) is 0.780. The number of nitrogens with zero attached hydrogens (tertiary/aromatic N) is 2. The summed E-state index contributed by atoms with van der Waals surface area (Å²) in [6, 6.07) is 5.86. The van der Waals surface area contributed by atoms with Gasteiger partial charge in [-0.3, -0.25) is 9.36 Å². The third-order valence-electron chi connectivity index (χ3n) is 4.00. The minimum Gasteiger partial charge on any atom is -0.488 e. The minimum absolute atomic E-state index is 0.00120. The molecule has 1 aliphatic rings. The Labute approximate surface area is 138 Å². The predicted molar refractivity (Wildman–Crippen MR) is 91.6 cm³/mol. The molecule has 1 aliphatic heterocycles. The normalized spacial score (nSPS) is 15.9. The zero-order valence-electron chi connectivity index (χ0n) is 12.8. The highest BCUT2D eigenvalue weighted by Gasteiger charge is 2.12. The van der Waals surface area contributed by atoms with Crippen molar-refractivity contribution in [3.8, 4) is 5.75 Å². The van der Waals surface area contributed by atoms with Crippen molar-refractivity contribution < 1.29 is 9.53 Å². The molecule has 0 bridgehead atoms. The molecular formula is C17H19BrN2O2. The van der Waals surface area contributed by atoms with Crippen molar-refractivity contribution in [1.29, 1.82) is 0 Å². The van der Waals surface area contributed by atoms with E-state index in [-0.39, 0.29) is 5.91 Å². The van der Waals surface area contributed by atoms with Crippen LogP contribution >= 0.6 is 15.9 Å². The van der Waals surface area contributed by atoms with E-state index in [2.05, 4.69) is 34.0 Å². The highest BCUT2D eigenvalue weighted by Crippen LogP contribution is 2.31. The lowest BCUT2D eigenvalue weighted by molar-refractivity contribution is 0.0941. The largest absolute Gasteiger partial charge is 0.488 e. The number of likely N-dealkylation sites (N-methyl/N-ethyl adjacent to an activating group) is 1. The van der Waals surface area contributed by atoms with E-state index < -0.39 is 0 Å². The van der Waals surface area contributed by atoms with Gasteiger partial charge in [-0.15, -0.1) is 0 Å².